The molecule has 3 rings (SSSR count). The lowest BCUT2D eigenvalue weighted by atomic mass is 10.1. The third-order valence-electron chi connectivity index (χ3n) is 3.18. The number of nitrogen functional groups attached to an aromatic ring is 1. The summed E-state index contributed by atoms with van der Waals surface area (Å²) < 4.78 is 6.85. The third kappa shape index (κ3) is 1.75. The van der Waals surface area contributed by atoms with Crippen LogP contribution in [0.2, 0.25) is 0 Å². The Morgan fingerprint density at radius 3 is 2.74 bits per heavy atom. The zero-order valence-corrected chi connectivity index (χ0v) is 9.79. The van der Waals surface area contributed by atoms with Gasteiger partial charge in [0, 0.05) is 0 Å². The molecule has 0 saturated carbocycles. The van der Waals surface area contributed by atoms with Crippen molar-refractivity contribution in [1.29, 1.82) is 0 Å². The van der Waals surface area contributed by atoms with Crippen LogP contribution in [0.1, 0.15) is 6.23 Å². The molecule has 0 spiro atoms. The van der Waals surface area contributed by atoms with E-state index < -0.39 is 31.1 Å². The van der Waals surface area contributed by atoms with E-state index in [2.05, 4.69) is 15.0 Å². The summed E-state index contributed by atoms with van der Waals surface area (Å²) in [6.45, 7) is -0.390. The fourth-order valence-electron chi connectivity index (χ4n) is 2.17. The molecule has 0 unspecified atom stereocenters. The summed E-state index contributed by atoms with van der Waals surface area (Å²) in [5.74, 6) is 0.218. The number of fused-ring (bicyclic) bond motifs is 1. The molecule has 102 valence electrons. The van der Waals surface area contributed by atoms with E-state index in [0.717, 1.165) is 0 Å². The van der Waals surface area contributed by atoms with Crippen LogP contribution in [-0.2, 0) is 4.74 Å². The minimum atomic E-state index is -1.19. The number of rotatable bonds is 2. The van der Waals surface area contributed by atoms with Crippen LogP contribution in [0.3, 0.4) is 0 Å². The second kappa shape index (κ2) is 4.38. The van der Waals surface area contributed by atoms with E-state index in [1.807, 2.05) is 0 Å². The highest BCUT2D eigenvalue weighted by Gasteiger charge is 2.43. The van der Waals surface area contributed by atoms with E-state index in [-0.39, 0.29) is 5.82 Å². The SMILES string of the molecule is Nc1ncnc2c1ncn2[C@@H]1O[C@@H](CO)[C@@H](O)[C@H]1O. The normalized spacial score (nSPS) is 31.1. The molecule has 0 amide bonds. The molecule has 1 aliphatic rings. The molecule has 0 bridgehead atoms. The first kappa shape index (κ1) is 12.2. The Morgan fingerprint density at radius 1 is 1.26 bits per heavy atom. The van der Waals surface area contributed by atoms with Crippen molar-refractivity contribution in [2.45, 2.75) is 24.5 Å². The third-order valence-corrected chi connectivity index (χ3v) is 3.18. The zero-order chi connectivity index (χ0) is 13.6. The van der Waals surface area contributed by atoms with E-state index >= 15 is 0 Å². The molecule has 9 heteroatoms. The van der Waals surface area contributed by atoms with Crippen molar-refractivity contribution in [2.75, 3.05) is 12.3 Å². The van der Waals surface area contributed by atoms with Gasteiger partial charge in [-0.3, -0.25) is 4.57 Å². The largest absolute Gasteiger partial charge is 0.394 e. The number of nitrogens with zero attached hydrogens (tertiary/aromatic N) is 4. The molecule has 4 atom stereocenters. The Morgan fingerprint density at radius 2 is 2.05 bits per heavy atom. The molecule has 2 aromatic rings. The van der Waals surface area contributed by atoms with Crippen LogP contribution in [0.4, 0.5) is 5.82 Å². The van der Waals surface area contributed by atoms with Crippen molar-refractivity contribution in [3.05, 3.63) is 12.7 Å². The summed E-state index contributed by atoms with van der Waals surface area (Å²) in [5.41, 5.74) is 6.44. The van der Waals surface area contributed by atoms with Crippen LogP contribution in [0, 0.1) is 0 Å². The van der Waals surface area contributed by atoms with Gasteiger partial charge in [-0.25, -0.2) is 15.0 Å². The molecular weight excluding hydrogens is 254 g/mol. The molecule has 19 heavy (non-hydrogen) atoms. The van der Waals surface area contributed by atoms with E-state index in [4.69, 9.17) is 15.6 Å². The van der Waals surface area contributed by atoms with Gasteiger partial charge in [-0.2, -0.15) is 0 Å². The summed E-state index contributed by atoms with van der Waals surface area (Å²) in [6, 6.07) is 0. The highest BCUT2D eigenvalue weighted by atomic mass is 16.6. The van der Waals surface area contributed by atoms with E-state index in [9.17, 15) is 10.2 Å². The summed E-state index contributed by atoms with van der Waals surface area (Å²) >= 11 is 0. The second-order valence-corrected chi connectivity index (χ2v) is 4.31. The van der Waals surface area contributed by atoms with Crippen LogP contribution in [-0.4, -0.2) is 59.8 Å². The molecular formula is C10H13N5O4. The quantitative estimate of drug-likeness (QED) is 0.491. The van der Waals surface area contributed by atoms with Crippen LogP contribution in [0.15, 0.2) is 12.7 Å². The van der Waals surface area contributed by atoms with Crippen molar-refractivity contribution in [3.8, 4) is 0 Å². The van der Waals surface area contributed by atoms with Gasteiger partial charge in [0.1, 0.15) is 30.2 Å². The lowest BCUT2D eigenvalue weighted by Crippen LogP contribution is -2.33. The number of anilines is 1. The smallest absolute Gasteiger partial charge is 0.167 e. The molecule has 0 aromatic carbocycles. The van der Waals surface area contributed by atoms with E-state index in [1.54, 1.807) is 0 Å². The standard InChI is InChI=1S/C10H13N5O4/c11-8-5-9(13-2-12-8)15(3-14-5)10-7(18)6(17)4(1-16)19-10/h2-4,6-7,10,16-18H,1H2,(H2,11,12,13)/t4-,6+,7+,10+/m0/s1. The second-order valence-electron chi connectivity index (χ2n) is 4.31. The topological polar surface area (TPSA) is 140 Å². The van der Waals surface area contributed by atoms with Gasteiger partial charge in [0.25, 0.3) is 0 Å². The van der Waals surface area contributed by atoms with Gasteiger partial charge in [0.2, 0.25) is 0 Å². The number of hydrogen-bond acceptors (Lipinski definition) is 8. The number of aliphatic hydroxyl groups excluding tert-OH is 3. The monoisotopic (exact) mass is 267 g/mol. The first-order chi connectivity index (χ1) is 9.13. The van der Waals surface area contributed by atoms with Gasteiger partial charge >= 0.3 is 0 Å². The van der Waals surface area contributed by atoms with Crippen molar-refractivity contribution in [3.63, 3.8) is 0 Å². The van der Waals surface area contributed by atoms with Crippen LogP contribution in [0.25, 0.3) is 11.2 Å². The van der Waals surface area contributed by atoms with Gasteiger partial charge < -0.3 is 25.8 Å². The van der Waals surface area contributed by atoms with Crippen molar-refractivity contribution >= 4 is 17.0 Å². The fraction of sp³-hybridized carbons (Fsp3) is 0.500. The minimum absolute atomic E-state index is 0.218. The summed E-state index contributed by atoms with van der Waals surface area (Å²) in [7, 11) is 0. The Bertz CT molecular complexity index is 603. The minimum Gasteiger partial charge on any atom is -0.394 e. The average Bonchev–Trinajstić information content (AvgIpc) is 2.94. The van der Waals surface area contributed by atoms with Crippen LogP contribution < -0.4 is 5.73 Å². The Kier molecular flexibility index (Phi) is 2.82. The van der Waals surface area contributed by atoms with E-state index in [0.29, 0.717) is 11.2 Å². The average molecular weight is 267 g/mol. The summed E-state index contributed by atoms with van der Waals surface area (Å²) in [6.07, 6.45) is -1.42. The van der Waals surface area contributed by atoms with Gasteiger partial charge in [0.15, 0.2) is 17.7 Å². The number of nitrogens with two attached hydrogens (primary N) is 1. The van der Waals surface area contributed by atoms with Gasteiger partial charge in [0.05, 0.1) is 12.9 Å². The molecule has 3 heterocycles. The van der Waals surface area contributed by atoms with Crippen LogP contribution in [0.5, 0.6) is 0 Å². The van der Waals surface area contributed by atoms with Crippen molar-refractivity contribution in [1.82, 2.24) is 19.5 Å². The van der Waals surface area contributed by atoms with Crippen molar-refractivity contribution < 1.29 is 20.1 Å². The Hall–Kier alpha value is -1.81. The molecule has 9 nitrogen and oxygen atoms in total. The van der Waals surface area contributed by atoms with Gasteiger partial charge in [-0.1, -0.05) is 0 Å². The van der Waals surface area contributed by atoms with Gasteiger partial charge in [-0.15, -0.1) is 0 Å². The molecule has 0 aliphatic carbocycles. The summed E-state index contributed by atoms with van der Waals surface area (Å²) in [4.78, 5) is 11.9. The fourth-order valence-corrected chi connectivity index (χ4v) is 2.17. The number of imidazole rings is 1. The molecule has 1 fully saturated rings. The number of aliphatic hydroxyl groups is 3. The maximum Gasteiger partial charge on any atom is 0.167 e. The Labute approximate surface area is 107 Å². The maximum absolute atomic E-state index is 9.95. The zero-order valence-electron chi connectivity index (χ0n) is 9.79. The highest BCUT2D eigenvalue weighted by molar-refractivity contribution is 5.81. The predicted octanol–water partition coefficient (Wildman–Crippen LogP) is -1.98. The van der Waals surface area contributed by atoms with Crippen molar-refractivity contribution in [2.24, 2.45) is 0 Å². The molecule has 0 radical (unpaired) electrons. The first-order valence-electron chi connectivity index (χ1n) is 5.69. The Balaban J connectivity index is 2.04. The number of aromatic nitrogens is 4. The van der Waals surface area contributed by atoms with Crippen LogP contribution >= 0.6 is 0 Å². The van der Waals surface area contributed by atoms with E-state index in [1.165, 1.54) is 17.2 Å². The lowest BCUT2D eigenvalue weighted by molar-refractivity contribution is -0.0511. The number of ether oxygens (including phenoxy) is 1. The maximum atomic E-state index is 9.95. The predicted molar refractivity (Wildman–Crippen MR) is 62.7 cm³/mol. The lowest BCUT2D eigenvalue weighted by Gasteiger charge is -2.16. The van der Waals surface area contributed by atoms with Gasteiger partial charge in [-0.05, 0) is 0 Å². The first-order valence-corrected chi connectivity index (χ1v) is 5.69. The number of hydrogen-bond donors (Lipinski definition) is 4. The summed E-state index contributed by atoms with van der Waals surface area (Å²) in [5, 5.41) is 28.7. The molecule has 1 aliphatic heterocycles. The molecule has 5 N–H and O–H groups in total. The molecule has 1 saturated heterocycles. The highest BCUT2D eigenvalue weighted by Crippen LogP contribution is 2.31. The molecule has 2 aromatic heterocycles.